The van der Waals surface area contributed by atoms with Crippen LogP contribution in [-0.4, -0.2) is 28.2 Å². The summed E-state index contributed by atoms with van der Waals surface area (Å²) >= 11 is 1.39. The Morgan fingerprint density at radius 2 is 1.96 bits per heavy atom. The van der Waals surface area contributed by atoms with Gasteiger partial charge in [0.25, 0.3) is 5.91 Å². The number of carbonyl (C=O) groups is 2. The lowest BCUT2D eigenvalue weighted by molar-refractivity contribution is 0.100. The lowest BCUT2D eigenvalue weighted by Crippen LogP contribution is -2.14. The zero-order valence-corrected chi connectivity index (χ0v) is 16.1. The molecule has 140 valence electrons. The van der Waals surface area contributed by atoms with Crippen molar-refractivity contribution in [3.8, 4) is 17.0 Å². The molecule has 7 heteroatoms. The standard InChI is InChI=1S/C21H17N3O3S/c1-13(25)14-5-3-7-16(9-14)22-20(26)19-12-28-21-23-18(11-24(19)21)15-6-4-8-17(10-15)27-2/h3-12H,1-2H3,(H,22,26). The summed E-state index contributed by atoms with van der Waals surface area (Å²) in [6, 6.07) is 14.5. The molecule has 0 atom stereocenters. The van der Waals surface area contributed by atoms with Crippen LogP contribution in [0.25, 0.3) is 16.2 Å². The number of aromatic nitrogens is 2. The van der Waals surface area contributed by atoms with E-state index >= 15 is 0 Å². The first-order valence-corrected chi connectivity index (χ1v) is 9.46. The van der Waals surface area contributed by atoms with Crippen LogP contribution in [-0.2, 0) is 0 Å². The zero-order chi connectivity index (χ0) is 19.7. The van der Waals surface area contributed by atoms with Crippen molar-refractivity contribution in [2.75, 3.05) is 12.4 Å². The minimum atomic E-state index is -0.262. The Morgan fingerprint density at radius 1 is 1.14 bits per heavy atom. The molecule has 0 unspecified atom stereocenters. The Bertz CT molecular complexity index is 1190. The van der Waals surface area contributed by atoms with Crippen molar-refractivity contribution < 1.29 is 14.3 Å². The number of ether oxygens (including phenoxy) is 1. The number of fused-ring (bicyclic) bond motifs is 1. The summed E-state index contributed by atoms with van der Waals surface area (Å²) in [5.74, 6) is 0.435. The van der Waals surface area contributed by atoms with Crippen molar-refractivity contribution in [1.29, 1.82) is 0 Å². The lowest BCUT2D eigenvalue weighted by Gasteiger charge is -2.05. The predicted octanol–water partition coefficient (Wildman–Crippen LogP) is 4.53. The summed E-state index contributed by atoms with van der Waals surface area (Å²) in [6.07, 6.45) is 1.83. The van der Waals surface area contributed by atoms with E-state index in [1.165, 1.54) is 18.3 Å². The smallest absolute Gasteiger partial charge is 0.273 e. The summed E-state index contributed by atoms with van der Waals surface area (Å²) in [5.41, 5.74) is 3.28. The summed E-state index contributed by atoms with van der Waals surface area (Å²) in [7, 11) is 1.62. The molecule has 0 aliphatic heterocycles. The van der Waals surface area contributed by atoms with Gasteiger partial charge < -0.3 is 10.1 Å². The fourth-order valence-electron chi connectivity index (χ4n) is 2.88. The lowest BCUT2D eigenvalue weighted by atomic mass is 10.1. The van der Waals surface area contributed by atoms with Crippen molar-refractivity contribution in [3.05, 3.63) is 71.4 Å². The van der Waals surface area contributed by atoms with Gasteiger partial charge >= 0.3 is 0 Å². The maximum Gasteiger partial charge on any atom is 0.273 e. The quantitative estimate of drug-likeness (QED) is 0.508. The molecule has 0 aliphatic rings. The number of hydrogen-bond donors (Lipinski definition) is 1. The van der Waals surface area contributed by atoms with Crippen molar-refractivity contribution >= 4 is 33.7 Å². The van der Waals surface area contributed by atoms with Crippen LogP contribution in [0.3, 0.4) is 0 Å². The molecule has 0 saturated carbocycles. The average molecular weight is 391 g/mol. The van der Waals surface area contributed by atoms with E-state index in [-0.39, 0.29) is 11.7 Å². The molecule has 0 saturated heterocycles. The van der Waals surface area contributed by atoms with Crippen molar-refractivity contribution in [1.82, 2.24) is 9.38 Å². The second kappa shape index (κ2) is 7.28. The fraction of sp³-hybridized carbons (Fsp3) is 0.0952. The van der Waals surface area contributed by atoms with E-state index in [1.54, 1.807) is 41.2 Å². The molecule has 4 aromatic rings. The van der Waals surface area contributed by atoms with E-state index in [4.69, 9.17) is 4.74 Å². The van der Waals surface area contributed by atoms with E-state index in [0.717, 1.165) is 22.0 Å². The van der Waals surface area contributed by atoms with Gasteiger partial charge in [0, 0.05) is 28.4 Å². The minimum absolute atomic E-state index is 0.0495. The van der Waals surface area contributed by atoms with E-state index in [9.17, 15) is 9.59 Å². The van der Waals surface area contributed by atoms with Crippen molar-refractivity contribution in [2.24, 2.45) is 0 Å². The summed E-state index contributed by atoms with van der Waals surface area (Å²) < 4.78 is 7.03. The molecule has 28 heavy (non-hydrogen) atoms. The third-order valence-corrected chi connectivity index (χ3v) is 5.17. The fourth-order valence-corrected chi connectivity index (χ4v) is 3.73. The number of Topliss-reactive ketones (excluding diaryl/α,β-unsaturated/α-hetero) is 1. The number of methoxy groups -OCH3 is 1. The van der Waals surface area contributed by atoms with Gasteiger partial charge in [-0.3, -0.25) is 14.0 Å². The SMILES string of the molecule is COc1cccc(-c2cn3c(C(=O)Nc4cccc(C(C)=O)c4)csc3n2)c1. The van der Waals surface area contributed by atoms with Gasteiger partial charge in [0.05, 0.1) is 12.8 Å². The van der Waals surface area contributed by atoms with Crippen LogP contribution >= 0.6 is 11.3 Å². The van der Waals surface area contributed by atoms with Gasteiger partial charge in [-0.2, -0.15) is 0 Å². The van der Waals surface area contributed by atoms with Crippen LogP contribution in [0, 0.1) is 0 Å². The summed E-state index contributed by atoms with van der Waals surface area (Å²) in [4.78, 5) is 29.6. The van der Waals surface area contributed by atoms with Crippen LogP contribution < -0.4 is 10.1 Å². The monoisotopic (exact) mass is 391 g/mol. The van der Waals surface area contributed by atoms with Gasteiger partial charge in [-0.25, -0.2) is 4.98 Å². The molecule has 2 heterocycles. The van der Waals surface area contributed by atoms with E-state index in [2.05, 4.69) is 10.3 Å². The first-order valence-electron chi connectivity index (χ1n) is 8.58. The Morgan fingerprint density at radius 3 is 2.75 bits per heavy atom. The molecule has 0 spiro atoms. The zero-order valence-electron chi connectivity index (χ0n) is 15.3. The van der Waals surface area contributed by atoms with Crippen LogP contribution in [0.1, 0.15) is 27.8 Å². The number of hydrogen-bond acceptors (Lipinski definition) is 5. The molecule has 2 aromatic carbocycles. The molecule has 0 bridgehead atoms. The highest BCUT2D eigenvalue weighted by Crippen LogP contribution is 2.26. The molecule has 0 fully saturated rings. The summed E-state index contributed by atoms with van der Waals surface area (Å²) in [5, 5.41) is 4.61. The number of nitrogens with zero attached hydrogens (tertiary/aromatic N) is 2. The molecule has 4 rings (SSSR count). The third kappa shape index (κ3) is 3.39. The normalized spacial score (nSPS) is 10.8. The number of imidazole rings is 1. The molecule has 0 aliphatic carbocycles. The molecule has 1 amide bonds. The molecule has 2 aromatic heterocycles. The van der Waals surface area contributed by atoms with Gasteiger partial charge in [0.1, 0.15) is 11.4 Å². The topological polar surface area (TPSA) is 72.7 Å². The Balaban J connectivity index is 1.64. The van der Waals surface area contributed by atoms with Gasteiger partial charge in [-0.05, 0) is 31.2 Å². The Hall–Kier alpha value is -3.45. The van der Waals surface area contributed by atoms with E-state index in [0.29, 0.717) is 16.9 Å². The molecule has 6 nitrogen and oxygen atoms in total. The predicted molar refractivity (Wildman–Crippen MR) is 109 cm³/mol. The molecule has 1 N–H and O–H groups in total. The van der Waals surface area contributed by atoms with Gasteiger partial charge in [-0.15, -0.1) is 11.3 Å². The second-order valence-electron chi connectivity index (χ2n) is 6.22. The van der Waals surface area contributed by atoms with Crippen LogP contribution in [0.15, 0.2) is 60.1 Å². The van der Waals surface area contributed by atoms with Crippen molar-refractivity contribution in [3.63, 3.8) is 0 Å². The van der Waals surface area contributed by atoms with Crippen LogP contribution in [0.5, 0.6) is 5.75 Å². The van der Waals surface area contributed by atoms with E-state index in [1.807, 2.05) is 30.5 Å². The highest BCUT2D eigenvalue weighted by atomic mass is 32.1. The number of benzene rings is 2. The Kier molecular flexibility index (Phi) is 4.67. The Labute approximate surface area is 165 Å². The number of rotatable bonds is 5. The second-order valence-corrected chi connectivity index (χ2v) is 7.06. The maximum atomic E-state index is 12.8. The number of carbonyl (C=O) groups excluding carboxylic acids is 2. The number of thiazole rings is 1. The first kappa shape index (κ1) is 17.9. The highest BCUT2D eigenvalue weighted by molar-refractivity contribution is 7.15. The number of amides is 1. The largest absolute Gasteiger partial charge is 0.497 e. The van der Waals surface area contributed by atoms with Gasteiger partial charge in [-0.1, -0.05) is 24.3 Å². The third-order valence-electron chi connectivity index (χ3n) is 4.33. The summed E-state index contributed by atoms with van der Waals surface area (Å²) in [6.45, 7) is 1.49. The molecule has 0 radical (unpaired) electrons. The number of ketones is 1. The van der Waals surface area contributed by atoms with Gasteiger partial charge in [0.2, 0.25) is 0 Å². The minimum Gasteiger partial charge on any atom is -0.497 e. The van der Waals surface area contributed by atoms with Gasteiger partial charge in [0.15, 0.2) is 10.7 Å². The van der Waals surface area contributed by atoms with Crippen LogP contribution in [0.4, 0.5) is 5.69 Å². The molecular formula is C21H17N3O3S. The number of nitrogens with one attached hydrogen (secondary N) is 1. The average Bonchev–Trinajstić information content (AvgIpc) is 3.29. The maximum absolute atomic E-state index is 12.8. The van der Waals surface area contributed by atoms with E-state index < -0.39 is 0 Å². The highest BCUT2D eigenvalue weighted by Gasteiger charge is 2.16. The number of anilines is 1. The van der Waals surface area contributed by atoms with Crippen LogP contribution in [0.2, 0.25) is 0 Å². The first-order chi connectivity index (χ1) is 13.5. The van der Waals surface area contributed by atoms with Crippen molar-refractivity contribution in [2.45, 2.75) is 6.92 Å². The molecular weight excluding hydrogens is 374 g/mol.